The van der Waals surface area contributed by atoms with E-state index >= 15 is 0 Å². The molecule has 2 bridgehead atoms. The maximum Gasteiger partial charge on any atom is 0.259 e. The lowest BCUT2D eigenvalue weighted by Gasteiger charge is -2.29. The zero-order chi connectivity index (χ0) is 20.6. The molecule has 3 aliphatic heterocycles. The summed E-state index contributed by atoms with van der Waals surface area (Å²) in [5, 5.41) is 5.40. The Morgan fingerprint density at radius 2 is 2.21 bits per heavy atom. The minimum atomic E-state index is -0.331. The van der Waals surface area contributed by atoms with E-state index in [0.29, 0.717) is 31.1 Å². The van der Waals surface area contributed by atoms with Gasteiger partial charge in [-0.1, -0.05) is 0 Å². The predicted molar refractivity (Wildman–Crippen MR) is 102 cm³/mol. The molecule has 0 radical (unpaired) electrons. The van der Waals surface area contributed by atoms with Crippen LogP contribution in [0.25, 0.3) is 0 Å². The highest BCUT2D eigenvalue weighted by molar-refractivity contribution is 5.96. The number of fused-ring (bicyclic) bond motifs is 1. The minimum absolute atomic E-state index is 0.0329. The van der Waals surface area contributed by atoms with Crippen LogP contribution >= 0.6 is 0 Å². The van der Waals surface area contributed by atoms with E-state index in [2.05, 4.69) is 15.6 Å². The first-order chi connectivity index (χ1) is 13.9. The largest absolute Gasteiger partial charge is 0.480 e. The highest BCUT2D eigenvalue weighted by Gasteiger charge is 2.63. The number of methoxy groups -OCH3 is 1. The number of hydrogen-bond donors (Lipinski definition) is 2. The second kappa shape index (κ2) is 7.62. The van der Waals surface area contributed by atoms with E-state index in [1.54, 1.807) is 18.3 Å². The third kappa shape index (κ3) is 3.55. The summed E-state index contributed by atoms with van der Waals surface area (Å²) in [5.74, 6) is 0.0759. The number of ether oxygens (including phenoxy) is 2. The molecule has 9 nitrogen and oxygen atoms in total. The highest BCUT2D eigenvalue weighted by atomic mass is 16.5. The number of likely N-dealkylation sites (tertiary alicyclic amines) is 1. The molecule has 1 spiro atoms. The van der Waals surface area contributed by atoms with Gasteiger partial charge < -0.3 is 25.0 Å². The van der Waals surface area contributed by atoms with E-state index in [9.17, 15) is 14.4 Å². The Morgan fingerprint density at radius 1 is 1.38 bits per heavy atom. The van der Waals surface area contributed by atoms with Crippen LogP contribution in [0.2, 0.25) is 0 Å². The Morgan fingerprint density at radius 3 is 2.97 bits per heavy atom. The van der Waals surface area contributed by atoms with Crippen LogP contribution < -0.4 is 15.4 Å². The van der Waals surface area contributed by atoms with Crippen LogP contribution in [0.5, 0.6) is 5.88 Å². The van der Waals surface area contributed by atoms with Crippen molar-refractivity contribution in [1.82, 2.24) is 20.5 Å². The summed E-state index contributed by atoms with van der Waals surface area (Å²) in [6.45, 7) is 2.95. The lowest BCUT2D eigenvalue weighted by atomic mass is 9.73. The molecule has 4 rings (SSSR count). The number of nitrogens with one attached hydrogen (secondary N) is 2. The molecule has 1 aromatic heterocycles. The highest BCUT2D eigenvalue weighted by Crippen LogP contribution is 2.54. The number of carbonyl (C=O) groups excluding carboxylic acids is 3. The summed E-state index contributed by atoms with van der Waals surface area (Å²) in [6, 6.07) is 3.44. The Kier molecular flexibility index (Phi) is 5.16. The Hall–Kier alpha value is -2.68. The first kappa shape index (κ1) is 19.6. The molecule has 3 saturated heterocycles. The number of aromatic nitrogens is 1. The number of carbonyl (C=O) groups is 3. The summed E-state index contributed by atoms with van der Waals surface area (Å²) in [7, 11) is 1.50. The average molecular weight is 402 g/mol. The molecular weight excluding hydrogens is 376 g/mol. The number of nitrogens with zero attached hydrogens (tertiary/aromatic N) is 2. The fraction of sp³-hybridized carbons (Fsp3) is 0.600. The summed E-state index contributed by atoms with van der Waals surface area (Å²) in [6.07, 6.45) is 3.55. The first-order valence-electron chi connectivity index (χ1n) is 9.91. The van der Waals surface area contributed by atoms with Crippen molar-refractivity contribution in [2.24, 2.45) is 11.8 Å². The molecule has 156 valence electrons. The van der Waals surface area contributed by atoms with Gasteiger partial charge in [0.2, 0.25) is 17.7 Å². The molecule has 0 aliphatic carbocycles. The Bertz CT molecular complexity index is 831. The van der Waals surface area contributed by atoms with Crippen LogP contribution in [0, 0.1) is 11.8 Å². The van der Waals surface area contributed by atoms with E-state index in [-0.39, 0.29) is 47.8 Å². The zero-order valence-corrected chi connectivity index (χ0v) is 16.6. The van der Waals surface area contributed by atoms with Crippen LogP contribution in [0.4, 0.5) is 0 Å². The van der Waals surface area contributed by atoms with Crippen LogP contribution in [0.1, 0.15) is 30.1 Å². The van der Waals surface area contributed by atoms with Gasteiger partial charge in [0.05, 0.1) is 31.9 Å². The monoisotopic (exact) mass is 402 g/mol. The van der Waals surface area contributed by atoms with Crippen molar-refractivity contribution >= 4 is 17.7 Å². The SMILES string of the molecule is COc1ncccc1C(=O)N1C[C@@H]2[C@H](CNC(=O)CNC(C)=O)[C@H]3CC[C@]2(C1)O3. The number of hydrogen-bond acceptors (Lipinski definition) is 6. The number of rotatable bonds is 6. The van der Waals surface area contributed by atoms with Crippen molar-refractivity contribution in [2.45, 2.75) is 31.5 Å². The molecule has 4 heterocycles. The van der Waals surface area contributed by atoms with E-state index in [4.69, 9.17) is 9.47 Å². The number of pyridine rings is 1. The van der Waals surface area contributed by atoms with Gasteiger partial charge in [0.1, 0.15) is 5.56 Å². The standard InChI is InChI=1S/C20H26N4O5/c1-12(25)22-9-17(26)23-8-14-15-10-24(11-20(15)6-5-16(14)29-20)19(27)13-4-3-7-21-18(13)28-2/h3-4,7,14-16H,5-6,8-11H2,1-2H3,(H,22,25)(H,23,26)/t14-,15+,16+,20+/m0/s1. The van der Waals surface area contributed by atoms with Crippen LogP contribution in [-0.4, -0.2) is 72.6 Å². The van der Waals surface area contributed by atoms with Gasteiger partial charge in [0, 0.05) is 38.0 Å². The van der Waals surface area contributed by atoms with Gasteiger partial charge in [-0.15, -0.1) is 0 Å². The van der Waals surface area contributed by atoms with Crippen molar-refractivity contribution < 1.29 is 23.9 Å². The summed E-state index contributed by atoms with van der Waals surface area (Å²) in [4.78, 5) is 42.0. The lowest BCUT2D eigenvalue weighted by Crippen LogP contribution is -2.44. The van der Waals surface area contributed by atoms with Gasteiger partial charge in [-0.25, -0.2) is 4.98 Å². The summed E-state index contributed by atoms with van der Waals surface area (Å²) < 4.78 is 11.6. The van der Waals surface area contributed by atoms with Gasteiger partial charge in [0.15, 0.2) is 0 Å². The molecule has 3 aliphatic rings. The lowest BCUT2D eigenvalue weighted by molar-refractivity contribution is -0.125. The van der Waals surface area contributed by atoms with Gasteiger partial charge in [0.25, 0.3) is 5.91 Å². The molecule has 0 aromatic carbocycles. The first-order valence-corrected chi connectivity index (χ1v) is 9.91. The summed E-state index contributed by atoms with van der Waals surface area (Å²) in [5.41, 5.74) is 0.115. The molecule has 3 amide bonds. The van der Waals surface area contributed by atoms with Gasteiger partial charge in [-0.2, -0.15) is 0 Å². The zero-order valence-electron chi connectivity index (χ0n) is 16.6. The van der Waals surface area contributed by atoms with Crippen molar-refractivity contribution in [2.75, 3.05) is 33.3 Å². The van der Waals surface area contributed by atoms with E-state index in [1.165, 1.54) is 14.0 Å². The van der Waals surface area contributed by atoms with Crippen LogP contribution in [0.3, 0.4) is 0 Å². The normalized spacial score (nSPS) is 29.4. The molecule has 29 heavy (non-hydrogen) atoms. The Labute approximate surface area is 169 Å². The quantitative estimate of drug-likeness (QED) is 0.691. The maximum atomic E-state index is 13.1. The fourth-order valence-corrected chi connectivity index (χ4v) is 5.00. The van der Waals surface area contributed by atoms with Crippen molar-refractivity contribution in [3.8, 4) is 5.88 Å². The maximum absolute atomic E-state index is 13.1. The molecule has 3 fully saturated rings. The van der Waals surface area contributed by atoms with E-state index in [0.717, 1.165) is 12.8 Å². The second-order valence-corrected chi connectivity index (χ2v) is 7.99. The second-order valence-electron chi connectivity index (χ2n) is 7.99. The Balaban J connectivity index is 1.43. The van der Waals surface area contributed by atoms with Crippen molar-refractivity contribution in [3.63, 3.8) is 0 Å². The molecule has 0 unspecified atom stereocenters. The van der Waals surface area contributed by atoms with Gasteiger partial charge in [-0.05, 0) is 25.0 Å². The third-order valence-corrected chi connectivity index (χ3v) is 6.30. The van der Waals surface area contributed by atoms with Gasteiger partial charge >= 0.3 is 0 Å². The molecule has 4 atom stereocenters. The van der Waals surface area contributed by atoms with Gasteiger partial charge in [-0.3, -0.25) is 14.4 Å². The summed E-state index contributed by atoms with van der Waals surface area (Å²) >= 11 is 0. The average Bonchev–Trinajstić information content (AvgIpc) is 3.38. The molecule has 9 heteroatoms. The smallest absolute Gasteiger partial charge is 0.259 e. The number of amides is 3. The van der Waals surface area contributed by atoms with E-state index < -0.39 is 0 Å². The van der Waals surface area contributed by atoms with Crippen molar-refractivity contribution in [3.05, 3.63) is 23.9 Å². The van der Waals surface area contributed by atoms with E-state index in [1.807, 2.05) is 4.90 Å². The van der Waals surface area contributed by atoms with Crippen LogP contribution in [-0.2, 0) is 14.3 Å². The predicted octanol–water partition coefficient (Wildman–Crippen LogP) is -0.0379. The molecule has 0 saturated carbocycles. The molecule has 1 aromatic rings. The third-order valence-electron chi connectivity index (χ3n) is 6.30. The molecule has 2 N–H and O–H groups in total. The minimum Gasteiger partial charge on any atom is -0.480 e. The topological polar surface area (TPSA) is 110 Å². The molecular formula is C20H26N4O5. The van der Waals surface area contributed by atoms with Crippen molar-refractivity contribution in [1.29, 1.82) is 0 Å². The van der Waals surface area contributed by atoms with Crippen LogP contribution in [0.15, 0.2) is 18.3 Å². The fourth-order valence-electron chi connectivity index (χ4n) is 5.00.